The van der Waals surface area contributed by atoms with E-state index < -0.39 is 33.0 Å². The quantitative estimate of drug-likeness (QED) is 0.224. The van der Waals surface area contributed by atoms with E-state index in [9.17, 15) is 14.2 Å². The van der Waals surface area contributed by atoms with Gasteiger partial charge in [0.1, 0.15) is 11.2 Å². The topological polar surface area (TPSA) is 96.0 Å². The molecule has 4 aromatic rings. The summed E-state index contributed by atoms with van der Waals surface area (Å²) in [6.45, 7) is -1.07. The molecule has 4 rings (SSSR count). The van der Waals surface area contributed by atoms with E-state index in [1.54, 1.807) is 24.3 Å². The fourth-order valence-electron chi connectivity index (χ4n) is 2.81. The molecule has 2 aromatic carbocycles. The lowest BCUT2D eigenvalue weighted by atomic mass is 10.1. The van der Waals surface area contributed by atoms with Gasteiger partial charge >= 0.3 is 8.25 Å². The number of fused-ring (bicyclic) bond motifs is 2. The Labute approximate surface area is 180 Å². The maximum atomic E-state index is 12.3. The minimum atomic E-state index is -2.71. The number of ketones is 2. The summed E-state index contributed by atoms with van der Waals surface area (Å²) in [6, 6.07) is 9.51. The lowest BCUT2D eigenvalue weighted by Crippen LogP contribution is -2.10. The molecule has 0 N–H and O–H groups in total. The van der Waals surface area contributed by atoms with Crippen LogP contribution in [0.4, 0.5) is 0 Å². The highest BCUT2D eigenvalue weighted by molar-refractivity contribution is 7.33. The first-order valence-electron chi connectivity index (χ1n) is 8.55. The van der Waals surface area contributed by atoms with Gasteiger partial charge in [-0.15, -0.1) is 9.05 Å². The Bertz CT molecular complexity index is 1190. The van der Waals surface area contributed by atoms with Crippen molar-refractivity contribution < 1.29 is 32.0 Å². The van der Waals surface area contributed by atoms with Crippen LogP contribution in [0.3, 0.4) is 0 Å². The van der Waals surface area contributed by atoms with Crippen LogP contribution in [-0.2, 0) is 13.6 Å². The number of rotatable bonds is 8. The average molecular weight is 466 g/mol. The molecule has 152 valence electrons. The van der Waals surface area contributed by atoms with Crippen LogP contribution in [0.5, 0.6) is 0 Å². The smallest absolute Gasteiger partial charge is 0.464 e. The number of carbonyl (C=O) groups excluding carboxylic acids is 2. The second kappa shape index (κ2) is 8.68. The standard InChI is InChI=1S/C20H12Cl2O7P/c21-15-7-19-11(1-3-26-19)5-13(15)17(23)9-28-30(25)29-10-18(24)14-6-12-2-4-27-20(12)8-16(14)22/h1-8H,9-10H2/q+1. The van der Waals surface area contributed by atoms with E-state index in [1.807, 2.05) is 0 Å². The second-order valence-corrected chi connectivity index (χ2v) is 7.98. The van der Waals surface area contributed by atoms with Gasteiger partial charge in [0.05, 0.1) is 22.6 Å². The Morgan fingerprint density at radius 3 is 1.67 bits per heavy atom. The number of furan rings is 2. The molecule has 0 fully saturated rings. The Balaban J connectivity index is 1.33. The summed E-state index contributed by atoms with van der Waals surface area (Å²) < 4.78 is 32.2. The molecule has 30 heavy (non-hydrogen) atoms. The minimum Gasteiger partial charge on any atom is -0.464 e. The van der Waals surface area contributed by atoms with E-state index >= 15 is 0 Å². The van der Waals surface area contributed by atoms with Gasteiger partial charge in [-0.2, -0.15) is 0 Å². The van der Waals surface area contributed by atoms with Gasteiger partial charge in [0.25, 0.3) is 0 Å². The van der Waals surface area contributed by atoms with Crippen LogP contribution in [0.1, 0.15) is 20.7 Å². The third-order valence-electron chi connectivity index (χ3n) is 4.29. The molecule has 0 radical (unpaired) electrons. The van der Waals surface area contributed by atoms with E-state index in [4.69, 9.17) is 41.1 Å². The van der Waals surface area contributed by atoms with Gasteiger partial charge in [-0.1, -0.05) is 23.2 Å². The molecule has 2 aromatic heterocycles. The highest BCUT2D eigenvalue weighted by atomic mass is 35.5. The zero-order valence-electron chi connectivity index (χ0n) is 15.1. The van der Waals surface area contributed by atoms with E-state index in [1.165, 1.54) is 24.7 Å². The molecule has 0 atom stereocenters. The van der Waals surface area contributed by atoms with Crippen LogP contribution in [0.2, 0.25) is 10.0 Å². The summed E-state index contributed by atoms with van der Waals surface area (Å²) in [7, 11) is -2.71. The zero-order chi connectivity index (χ0) is 21.3. The predicted molar refractivity (Wildman–Crippen MR) is 111 cm³/mol. The lowest BCUT2D eigenvalue weighted by Gasteiger charge is -2.02. The molecule has 2 heterocycles. The molecule has 7 nitrogen and oxygen atoms in total. The van der Waals surface area contributed by atoms with Crippen molar-refractivity contribution >= 4 is 65.0 Å². The third-order valence-corrected chi connectivity index (χ3v) is 5.59. The van der Waals surface area contributed by atoms with Crippen molar-refractivity contribution in [3.63, 3.8) is 0 Å². The summed E-state index contributed by atoms with van der Waals surface area (Å²) >= 11 is 12.2. The molecule has 0 aliphatic rings. The molecule has 0 aliphatic carbocycles. The van der Waals surface area contributed by atoms with Crippen molar-refractivity contribution in [2.75, 3.05) is 13.2 Å². The molecule has 0 saturated carbocycles. The molecule has 0 spiro atoms. The molecule has 0 amide bonds. The summed E-state index contributed by atoms with van der Waals surface area (Å²) in [5.41, 5.74) is 1.48. The van der Waals surface area contributed by atoms with Gasteiger partial charge < -0.3 is 8.83 Å². The van der Waals surface area contributed by atoms with Crippen LogP contribution in [-0.4, -0.2) is 24.8 Å². The number of carbonyl (C=O) groups is 2. The Hall–Kier alpha value is -2.54. The van der Waals surface area contributed by atoms with Crippen molar-refractivity contribution in [2.24, 2.45) is 0 Å². The fourth-order valence-corrected chi connectivity index (χ4v) is 3.85. The highest BCUT2D eigenvalue weighted by Crippen LogP contribution is 2.29. The molecule has 0 unspecified atom stereocenters. The molecule has 0 saturated heterocycles. The molecule has 0 aliphatic heterocycles. The zero-order valence-corrected chi connectivity index (χ0v) is 17.5. The second-order valence-electron chi connectivity index (χ2n) is 6.20. The summed E-state index contributed by atoms with van der Waals surface area (Å²) in [5, 5.41) is 1.75. The van der Waals surface area contributed by atoms with Crippen molar-refractivity contribution in [3.8, 4) is 0 Å². The van der Waals surface area contributed by atoms with Crippen molar-refractivity contribution in [1.82, 2.24) is 0 Å². The predicted octanol–water partition coefficient (Wildman–Crippen LogP) is 6.24. The van der Waals surface area contributed by atoms with Crippen LogP contribution in [0, 0.1) is 0 Å². The molecule has 10 heteroatoms. The van der Waals surface area contributed by atoms with Crippen LogP contribution >= 0.6 is 31.5 Å². The summed E-state index contributed by atoms with van der Waals surface area (Å²) in [6.07, 6.45) is 2.95. The van der Waals surface area contributed by atoms with Gasteiger partial charge in [-0.3, -0.25) is 9.59 Å². The van der Waals surface area contributed by atoms with Crippen molar-refractivity contribution in [2.45, 2.75) is 0 Å². The highest BCUT2D eigenvalue weighted by Gasteiger charge is 2.26. The van der Waals surface area contributed by atoms with Crippen LogP contribution in [0.15, 0.2) is 57.8 Å². The maximum absolute atomic E-state index is 12.3. The minimum absolute atomic E-state index is 0.182. The first-order chi connectivity index (χ1) is 14.4. The van der Waals surface area contributed by atoms with E-state index in [0.29, 0.717) is 21.9 Å². The maximum Gasteiger partial charge on any atom is 0.698 e. The number of halogens is 2. The Kier molecular flexibility index (Phi) is 5.99. The van der Waals surface area contributed by atoms with Crippen molar-refractivity contribution in [1.29, 1.82) is 0 Å². The summed E-state index contributed by atoms with van der Waals surface area (Å²) in [4.78, 5) is 24.6. The van der Waals surface area contributed by atoms with Crippen molar-refractivity contribution in [3.05, 3.63) is 70.1 Å². The Morgan fingerprint density at radius 2 is 1.23 bits per heavy atom. The lowest BCUT2D eigenvalue weighted by molar-refractivity contribution is 0.0878. The van der Waals surface area contributed by atoms with Gasteiger partial charge in [0.2, 0.25) is 0 Å². The molecular weight excluding hydrogens is 454 g/mol. The van der Waals surface area contributed by atoms with E-state index in [2.05, 4.69) is 0 Å². The van der Waals surface area contributed by atoms with Gasteiger partial charge in [-0.05, 0) is 24.3 Å². The SMILES string of the molecule is O=C(CO[P+](=O)OCC(=O)c1cc2ccoc2cc1Cl)c1cc2ccoc2cc1Cl. The largest absolute Gasteiger partial charge is 0.698 e. The number of benzene rings is 2. The summed E-state index contributed by atoms with van der Waals surface area (Å²) in [5.74, 6) is -0.982. The van der Waals surface area contributed by atoms with Gasteiger partial charge in [-0.25, -0.2) is 0 Å². The number of hydrogen-bond acceptors (Lipinski definition) is 7. The van der Waals surface area contributed by atoms with E-state index in [0.717, 1.165) is 0 Å². The average Bonchev–Trinajstić information content (AvgIpc) is 3.37. The fraction of sp³-hybridized carbons (Fsp3) is 0.100. The molecule has 0 bridgehead atoms. The monoisotopic (exact) mass is 465 g/mol. The first kappa shape index (κ1) is 20.7. The third kappa shape index (κ3) is 4.31. The van der Waals surface area contributed by atoms with Crippen LogP contribution in [0.25, 0.3) is 21.9 Å². The molecular formula is C20H12Cl2O7P+. The van der Waals surface area contributed by atoms with Gasteiger partial charge in [0.15, 0.2) is 24.8 Å². The Morgan fingerprint density at radius 1 is 0.800 bits per heavy atom. The number of hydrogen-bond donors (Lipinski definition) is 0. The number of Topliss-reactive ketones (excluding diaryl/α,β-unsaturated/α-hetero) is 2. The first-order valence-corrected chi connectivity index (χ1v) is 10.4. The normalized spacial score (nSPS) is 11.3. The van der Waals surface area contributed by atoms with Gasteiger partial charge in [0, 0.05) is 38.6 Å². The van der Waals surface area contributed by atoms with E-state index in [-0.39, 0.29) is 21.2 Å². The van der Waals surface area contributed by atoms with Crippen LogP contribution < -0.4 is 0 Å².